The Balaban J connectivity index is 1.15. The van der Waals surface area contributed by atoms with E-state index in [1.165, 1.54) is 0 Å². The highest BCUT2D eigenvalue weighted by atomic mass is 35.5. The zero-order chi connectivity index (χ0) is 32.8. The van der Waals surface area contributed by atoms with E-state index in [-0.39, 0.29) is 29.7 Å². The van der Waals surface area contributed by atoms with Crippen LogP contribution in [0.1, 0.15) is 52.0 Å². The Bertz CT molecular complexity index is 1700. The minimum Gasteiger partial charge on any atom is -0.384 e. The molecule has 0 bridgehead atoms. The zero-order valence-electron chi connectivity index (χ0n) is 26.2. The van der Waals surface area contributed by atoms with Crippen LogP contribution in [0, 0.1) is 5.92 Å². The van der Waals surface area contributed by atoms with Gasteiger partial charge in [0.25, 0.3) is 11.8 Å². The predicted octanol–water partition coefficient (Wildman–Crippen LogP) is 6.12. The molecule has 9 nitrogen and oxygen atoms in total. The summed E-state index contributed by atoms with van der Waals surface area (Å²) in [7, 11) is 0. The highest BCUT2D eigenvalue weighted by Gasteiger charge is 2.35. The number of likely N-dealkylation sites (tertiary alicyclic amines) is 2. The maximum Gasteiger partial charge on any atom is 0.258 e. The van der Waals surface area contributed by atoms with Crippen molar-refractivity contribution in [2.45, 2.75) is 38.3 Å². The van der Waals surface area contributed by atoms with E-state index in [0.29, 0.717) is 59.3 Å². The Morgan fingerprint density at radius 3 is 2.15 bits per heavy atom. The van der Waals surface area contributed by atoms with E-state index in [0.717, 1.165) is 38.0 Å². The number of piperidine rings is 2. The van der Waals surface area contributed by atoms with Crippen LogP contribution in [0.2, 0.25) is 5.02 Å². The van der Waals surface area contributed by atoms with Crippen LogP contribution >= 0.6 is 11.6 Å². The molecule has 3 amide bonds. The molecule has 6 rings (SSSR count). The van der Waals surface area contributed by atoms with Crippen molar-refractivity contribution in [3.8, 4) is 0 Å². The smallest absolute Gasteiger partial charge is 0.258 e. The van der Waals surface area contributed by atoms with Crippen molar-refractivity contribution in [1.29, 1.82) is 0 Å². The number of nitrogens with one attached hydrogen (secondary N) is 1. The molecular formula is C37H39ClN6O3. The topological polar surface area (TPSA) is 112 Å². The van der Waals surface area contributed by atoms with Crippen LogP contribution in [0.3, 0.4) is 0 Å². The van der Waals surface area contributed by atoms with Gasteiger partial charge in [0, 0.05) is 53.9 Å². The molecule has 0 aliphatic carbocycles. The summed E-state index contributed by atoms with van der Waals surface area (Å²) >= 11 is 6.41. The molecule has 0 atom stereocenters. The van der Waals surface area contributed by atoms with E-state index >= 15 is 0 Å². The summed E-state index contributed by atoms with van der Waals surface area (Å²) in [6.07, 6.45) is 4.58. The van der Waals surface area contributed by atoms with Crippen molar-refractivity contribution in [1.82, 2.24) is 14.8 Å². The van der Waals surface area contributed by atoms with Gasteiger partial charge in [0.15, 0.2) is 0 Å². The van der Waals surface area contributed by atoms with Crippen LogP contribution in [-0.4, -0.2) is 64.7 Å². The van der Waals surface area contributed by atoms with Gasteiger partial charge in [0.2, 0.25) is 5.91 Å². The Kier molecular flexibility index (Phi) is 10.1. The summed E-state index contributed by atoms with van der Waals surface area (Å²) in [6, 6.07) is 27.0. The molecule has 2 aliphatic rings. The number of hydrogen-bond donors (Lipinski definition) is 2. The lowest BCUT2D eigenvalue weighted by molar-refractivity contribution is -0.138. The van der Waals surface area contributed by atoms with E-state index in [2.05, 4.69) is 15.2 Å². The summed E-state index contributed by atoms with van der Waals surface area (Å²) in [5.41, 5.74) is 9.04. The van der Waals surface area contributed by atoms with Gasteiger partial charge in [-0.1, -0.05) is 48.0 Å². The lowest BCUT2D eigenvalue weighted by Gasteiger charge is -2.41. The fraction of sp³-hybridized carbons (Fsp3) is 0.297. The summed E-state index contributed by atoms with van der Waals surface area (Å²) in [6.45, 7) is 3.60. The molecule has 0 saturated carbocycles. The summed E-state index contributed by atoms with van der Waals surface area (Å²) in [5.74, 6) is 0.237. The molecule has 3 N–H and O–H groups in total. The minimum atomic E-state index is -0.294. The van der Waals surface area contributed by atoms with Crippen molar-refractivity contribution in [3.05, 3.63) is 119 Å². The van der Waals surface area contributed by atoms with Gasteiger partial charge in [-0.2, -0.15) is 0 Å². The van der Waals surface area contributed by atoms with Gasteiger partial charge in [0.05, 0.1) is 11.4 Å². The van der Waals surface area contributed by atoms with Gasteiger partial charge in [-0.05, 0) is 98.9 Å². The summed E-state index contributed by atoms with van der Waals surface area (Å²) in [5, 5.41) is 3.43. The molecule has 3 heterocycles. The number of amides is 3. The normalized spacial score (nSPS) is 16.1. The Morgan fingerprint density at radius 2 is 1.49 bits per heavy atom. The van der Waals surface area contributed by atoms with Crippen molar-refractivity contribution < 1.29 is 14.4 Å². The fourth-order valence-electron chi connectivity index (χ4n) is 6.59. The van der Waals surface area contributed by atoms with Crippen LogP contribution < -0.4 is 16.0 Å². The highest BCUT2D eigenvalue weighted by Crippen LogP contribution is 2.35. The third-order valence-electron chi connectivity index (χ3n) is 9.07. The lowest BCUT2D eigenvalue weighted by Crippen LogP contribution is -2.51. The van der Waals surface area contributed by atoms with E-state index in [4.69, 9.17) is 17.3 Å². The maximum atomic E-state index is 14.2. The number of carbonyl (C=O) groups is 3. The number of nitrogens with zero attached hydrogens (tertiary/aromatic N) is 4. The number of hydrogen-bond acceptors (Lipinski definition) is 6. The molecule has 242 valence electrons. The van der Waals surface area contributed by atoms with Crippen LogP contribution in [0.4, 0.5) is 17.2 Å². The molecule has 2 aliphatic heterocycles. The second-order valence-corrected chi connectivity index (χ2v) is 12.7. The molecule has 3 aromatic carbocycles. The Labute approximate surface area is 280 Å². The molecule has 0 unspecified atom stereocenters. The standard InChI is InChI=1S/C37H39ClN6O3/c38-30-11-12-33(32(24-30)41-35(45)27-7-3-1-4-8-27)44(37(47)28-9-5-2-6-10-28)31-16-21-43(22-17-31)36(46)29-14-19-42(20-15-29)25-26-13-18-40-34(39)23-26/h1-13,18,23-24,29,31H,14-17,19-22,25H2,(H2,39,40)(H,41,45). The highest BCUT2D eigenvalue weighted by molar-refractivity contribution is 6.31. The second-order valence-electron chi connectivity index (χ2n) is 12.2. The first kappa shape index (κ1) is 32.2. The summed E-state index contributed by atoms with van der Waals surface area (Å²) < 4.78 is 0. The molecule has 0 spiro atoms. The number of halogens is 1. The number of carbonyl (C=O) groups excluding carboxylic acids is 3. The summed E-state index contributed by atoms with van der Waals surface area (Å²) in [4.78, 5) is 51.2. The Hall–Kier alpha value is -4.73. The van der Waals surface area contributed by atoms with Crippen LogP contribution in [-0.2, 0) is 11.3 Å². The van der Waals surface area contributed by atoms with E-state index in [1.807, 2.05) is 41.3 Å². The van der Waals surface area contributed by atoms with Crippen LogP contribution in [0.5, 0.6) is 0 Å². The van der Waals surface area contributed by atoms with Gasteiger partial charge in [-0.25, -0.2) is 4.98 Å². The average molecular weight is 651 g/mol. The first-order valence-corrected chi connectivity index (χ1v) is 16.5. The fourth-order valence-corrected chi connectivity index (χ4v) is 6.76. The van der Waals surface area contributed by atoms with Crippen LogP contribution in [0.15, 0.2) is 97.2 Å². The van der Waals surface area contributed by atoms with E-state index < -0.39 is 0 Å². The van der Waals surface area contributed by atoms with Crippen molar-refractivity contribution >= 4 is 46.5 Å². The number of pyridine rings is 1. The molecule has 2 fully saturated rings. The first-order chi connectivity index (χ1) is 22.9. The SMILES string of the molecule is Nc1cc(CN2CCC(C(=O)N3CCC(N(C(=O)c4ccccc4)c4ccc(Cl)cc4NC(=O)c4ccccc4)CC3)CC2)ccn1. The van der Waals surface area contributed by atoms with Crippen molar-refractivity contribution in [2.24, 2.45) is 5.92 Å². The van der Waals surface area contributed by atoms with Gasteiger partial charge >= 0.3 is 0 Å². The predicted molar refractivity (Wildman–Crippen MR) is 185 cm³/mol. The number of aromatic nitrogens is 1. The lowest BCUT2D eigenvalue weighted by atomic mass is 9.93. The second kappa shape index (κ2) is 14.8. The van der Waals surface area contributed by atoms with Gasteiger partial charge in [-0.15, -0.1) is 0 Å². The number of rotatable bonds is 8. The monoisotopic (exact) mass is 650 g/mol. The Morgan fingerprint density at radius 1 is 0.830 bits per heavy atom. The van der Waals surface area contributed by atoms with E-state index in [1.54, 1.807) is 65.7 Å². The van der Waals surface area contributed by atoms with E-state index in [9.17, 15) is 14.4 Å². The number of anilines is 3. The van der Waals surface area contributed by atoms with Gasteiger partial charge in [0.1, 0.15) is 5.82 Å². The molecule has 47 heavy (non-hydrogen) atoms. The quantitative estimate of drug-likeness (QED) is 0.238. The van der Waals surface area contributed by atoms with Crippen LogP contribution in [0.25, 0.3) is 0 Å². The van der Waals surface area contributed by atoms with Gasteiger partial charge < -0.3 is 20.9 Å². The zero-order valence-corrected chi connectivity index (χ0v) is 27.0. The molecule has 2 saturated heterocycles. The maximum absolute atomic E-state index is 14.2. The molecule has 4 aromatic rings. The molecule has 0 radical (unpaired) electrons. The van der Waals surface area contributed by atoms with Crippen molar-refractivity contribution in [2.75, 3.05) is 42.1 Å². The third kappa shape index (κ3) is 7.81. The average Bonchev–Trinajstić information content (AvgIpc) is 3.10. The number of nitrogens with two attached hydrogens (primary N) is 1. The first-order valence-electron chi connectivity index (χ1n) is 16.1. The minimum absolute atomic E-state index is 0.0107. The van der Waals surface area contributed by atoms with Gasteiger partial charge in [-0.3, -0.25) is 19.3 Å². The van der Waals surface area contributed by atoms with Crippen molar-refractivity contribution in [3.63, 3.8) is 0 Å². The molecular weight excluding hydrogens is 612 g/mol. The number of nitrogen functional groups attached to an aromatic ring is 1. The molecule has 1 aromatic heterocycles. The third-order valence-corrected chi connectivity index (χ3v) is 9.31. The largest absolute Gasteiger partial charge is 0.384 e. The number of benzene rings is 3. The molecule has 10 heteroatoms.